The van der Waals surface area contributed by atoms with E-state index in [-0.39, 0.29) is 35.3 Å². The first-order chi connectivity index (χ1) is 14.4. The molecule has 4 nitrogen and oxygen atoms in total. The minimum Gasteiger partial charge on any atom is -0.508 e. The van der Waals surface area contributed by atoms with Gasteiger partial charge in [-0.15, -0.1) is 0 Å². The van der Waals surface area contributed by atoms with Crippen LogP contribution in [0.25, 0.3) is 0 Å². The van der Waals surface area contributed by atoms with Crippen molar-refractivity contribution in [2.24, 2.45) is 5.92 Å². The number of hydrogen-bond acceptors (Lipinski definition) is 3. The normalized spacial score (nSPS) is 19.4. The fourth-order valence-electron chi connectivity index (χ4n) is 3.96. The number of phenolic OH excluding ortho intramolecular Hbond substituents is 1. The van der Waals surface area contributed by atoms with E-state index < -0.39 is 6.10 Å². The van der Waals surface area contributed by atoms with E-state index in [4.69, 9.17) is 0 Å². The van der Waals surface area contributed by atoms with Crippen molar-refractivity contribution in [1.82, 2.24) is 0 Å². The number of carbonyl (C=O) groups is 1. The number of anilines is 1. The smallest absolute Gasteiger partial charge is 0.233 e. The van der Waals surface area contributed by atoms with Crippen LogP contribution in [0.3, 0.4) is 0 Å². The average Bonchev–Trinajstić information content (AvgIpc) is 2.74. The maximum Gasteiger partial charge on any atom is 0.233 e. The van der Waals surface area contributed by atoms with Gasteiger partial charge in [0, 0.05) is 5.69 Å². The van der Waals surface area contributed by atoms with Gasteiger partial charge in [-0.2, -0.15) is 0 Å². The molecule has 3 aromatic rings. The summed E-state index contributed by atoms with van der Waals surface area (Å²) < 4.78 is 26.4. The van der Waals surface area contributed by atoms with Crippen LogP contribution in [0.5, 0.6) is 5.75 Å². The molecule has 30 heavy (non-hydrogen) atoms. The van der Waals surface area contributed by atoms with E-state index in [1.165, 1.54) is 36.4 Å². The van der Waals surface area contributed by atoms with E-state index in [0.717, 1.165) is 5.56 Å². The van der Waals surface area contributed by atoms with Crippen LogP contribution in [0.4, 0.5) is 14.5 Å². The highest BCUT2D eigenvalue weighted by Crippen LogP contribution is 2.46. The van der Waals surface area contributed by atoms with Crippen molar-refractivity contribution in [1.29, 1.82) is 0 Å². The van der Waals surface area contributed by atoms with Crippen LogP contribution < -0.4 is 4.90 Å². The van der Waals surface area contributed by atoms with E-state index in [9.17, 15) is 23.8 Å². The molecule has 1 saturated heterocycles. The summed E-state index contributed by atoms with van der Waals surface area (Å²) in [6.07, 6.45) is -0.0344. The number of aliphatic hydroxyl groups is 1. The van der Waals surface area contributed by atoms with E-state index >= 15 is 0 Å². The predicted molar refractivity (Wildman–Crippen MR) is 109 cm³/mol. The molecular formula is C24H21F2NO3. The molecule has 6 heteroatoms. The average molecular weight is 409 g/mol. The number of aliphatic hydroxyl groups excluding tert-OH is 1. The summed E-state index contributed by atoms with van der Waals surface area (Å²) in [6, 6.07) is 17.7. The minimum absolute atomic E-state index is 0.106. The van der Waals surface area contributed by atoms with Gasteiger partial charge in [0.25, 0.3) is 0 Å². The molecular weight excluding hydrogens is 388 g/mol. The Morgan fingerprint density at radius 3 is 2.03 bits per heavy atom. The van der Waals surface area contributed by atoms with Gasteiger partial charge in [-0.05, 0) is 72.5 Å². The van der Waals surface area contributed by atoms with Gasteiger partial charge in [0.15, 0.2) is 0 Å². The summed E-state index contributed by atoms with van der Waals surface area (Å²) >= 11 is 0. The van der Waals surface area contributed by atoms with Crippen molar-refractivity contribution < 1.29 is 23.8 Å². The third-order valence-corrected chi connectivity index (χ3v) is 5.56. The van der Waals surface area contributed by atoms with Gasteiger partial charge >= 0.3 is 0 Å². The molecule has 1 amide bonds. The topological polar surface area (TPSA) is 60.8 Å². The van der Waals surface area contributed by atoms with E-state index in [2.05, 4.69) is 0 Å². The lowest BCUT2D eigenvalue weighted by Gasteiger charge is -2.48. The van der Waals surface area contributed by atoms with Gasteiger partial charge in [0.2, 0.25) is 5.91 Å². The zero-order valence-electron chi connectivity index (χ0n) is 16.1. The lowest BCUT2D eigenvalue weighted by Crippen LogP contribution is -2.55. The summed E-state index contributed by atoms with van der Waals surface area (Å²) in [5, 5.41) is 20.1. The number of benzene rings is 3. The summed E-state index contributed by atoms with van der Waals surface area (Å²) in [6.45, 7) is 0. The van der Waals surface area contributed by atoms with E-state index in [1.807, 2.05) is 0 Å². The predicted octanol–water partition coefficient (Wildman–Crippen LogP) is 4.89. The first-order valence-electron chi connectivity index (χ1n) is 9.75. The van der Waals surface area contributed by atoms with Crippen molar-refractivity contribution in [3.8, 4) is 5.75 Å². The molecule has 0 saturated carbocycles. The molecule has 154 valence electrons. The van der Waals surface area contributed by atoms with E-state index in [1.54, 1.807) is 41.3 Å². The fraction of sp³-hybridized carbons (Fsp3) is 0.208. The number of halogens is 2. The molecule has 1 aliphatic rings. The third kappa shape index (κ3) is 3.91. The van der Waals surface area contributed by atoms with Crippen molar-refractivity contribution in [3.63, 3.8) is 0 Å². The van der Waals surface area contributed by atoms with Gasteiger partial charge in [-0.25, -0.2) is 8.78 Å². The molecule has 1 heterocycles. The molecule has 1 unspecified atom stereocenters. The number of amides is 1. The Labute approximate surface area is 173 Å². The van der Waals surface area contributed by atoms with Crippen LogP contribution in [0.15, 0.2) is 72.8 Å². The van der Waals surface area contributed by atoms with Crippen LogP contribution >= 0.6 is 0 Å². The van der Waals surface area contributed by atoms with Crippen molar-refractivity contribution in [2.75, 3.05) is 4.90 Å². The van der Waals surface area contributed by atoms with Crippen molar-refractivity contribution in [2.45, 2.75) is 25.0 Å². The molecule has 0 spiro atoms. The number of β-lactam (4-membered cyclic amide) rings is 1. The molecule has 4 rings (SSSR count). The molecule has 2 N–H and O–H groups in total. The Hall–Kier alpha value is -3.25. The monoisotopic (exact) mass is 409 g/mol. The third-order valence-electron chi connectivity index (χ3n) is 5.56. The second-order valence-corrected chi connectivity index (χ2v) is 7.47. The molecule has 0 aromatic heterocycles. The van der Waals surface area contributed by atoms with Gasteiger partial charge in [0.05, 0.1) is 18.1 Å². The lowest BCUT2D eigenvalue weighted by atomic mass is 9.78. The van der Waals surface area contributed by atoms with Gasteiger partial charge < -0.3 is 15.1 Å². The molecule has 1 fully saturated rings. The Kier molecular flexibility index (Phi) is 5.50. The number of rotatable bonds is 6. The second kappa shape index (κ2) is 8.24. The standard InChI is InChI=1S/C24H21F2NO3/c25-17-5-1-15(2-6-17)22(29)14-13-21-23(16-3-11-20(28)12-4-16)27(24(21)30)19-9-7-18(26)8-10-19/h1-12,21-23,28-29H,13-14H2/t21-,22+,23?/m1/s1. The number of hydrogen-bond donors (Lipinski definition) is 2. The van der Waals surface area contributed by atoms with Crippen LogP contribution in [0.1, 0.15) is 36.1 Å². The lowest BCUT2D eigenvalue weighted by molar-refractivity contribution is -0.131. The maximum atomic E-state index is 13.3. The number of aromatic hydroxyl groups is 1. The SMILES string of the molecule is O=C1[C@H](CC[C@H](O)c2ccc(F)cc2)C(c2ccc(O)cc2)N1c1ccc(F)cc1. The minimum atomic E-state index is -0.807. The number of carbonyl (C=O) groups excluding carboxylic acids is 1. The molecule has 0 bridgehead atoms. The zero-order valence-corrected chi connectivity index (χ0v) is 16.1. The molecule has 1 aliphatic heterocycles. The Bertz CT molecular complexity index is 1020. The second-order valence-electron chi connectivity index (χ2n) is 7.47. The summed E-state index contributed by atoms with van der Waals surface area (Å²) in [5.41, 5.74) is 2.03. The summed E-state index contributed by atoms with van der Waals surface area (Å²) in [4.78, 5) is 14.6. The molecule has 0 aliphatic carbocycles. The van der Waals surface area contributed by atoms with Crippen LogP contribution in [-0.2, 0) is 4.79 Å². The van der Waals surface area contributed by atoms with Crippen LogP contribution in [0, 0.1) is 17.6 Å². The molecule has 3 atom stereocenters. The van der Waals surface area contributed by atoms with Gasteiger partial charge in [0.1, 0.15) is 17.4 Å². The van der Waals surface area contributed by atoms with Gasteiger partial charge in [-0.3, -0.25) is 4.79 Å². The maximum absolute atomic E-state index is 13.3. The molecule has 3 aromatic carbocycles. The first kappa shape index (κ1) is 20.0. The zero-order chi connectivity index (χ0) is 21.3. The Morgan fingerprint density at radius 1 is 0.867 bits per heavy atom. The first-order valence-corrected chi connectivity index (χ1v) is 9.75. The highest BCUT2D eigenvalue weighted by molar-refractivity contribution is 6.03. The summed E-state index contributed by atoms with van der Waals surface area (Å²) in [7, 11) is 0. The Balaban J connectivity index is 1.55. The van der Waals surface area contributed by atoms with Gasteiger partial charge in [-0.1, -0.05) is 24.3 Å². The van der Waals surface area contributed by atoms with Crippen molar-refractivity contribution in [3.05, 3.63) is 95.6 Å². The van der Waals surface area contributed by atoms with Crippen molar-refractivity contribution >= 4 is 11.6 Å². The highest BCUT2D eigenvalue weighted by atomic mass is 19.1. The quantitative estimate of drug-likeness (QED) is 0.570. The Morgan fingerprint density at radius 2 is 1.43 bits per heavy atom. The number of nitrogens with zero attached hydrogens (tertiary/aromatic N) is 1. The largest absolute Gasteiger partial charge is 0.508 e. The molecule has 0 radical (unpaired) electrons. The van der Waals surface area contributed by atoms with Crippen LogP contribution in [0.2, 0.25) is 0 Å². The van der Waals surface area contributed by atoms with E-state index in [0.29, 0.717) is 24.1 Å². The number of phenols is 1. The fourth-order valence-corrected chi connectivity index (χ4v) is 3.96. The highest BCUT2D eigenvalue weighted by Gasteiger charge is 2.48. The summed E-state index contributed by atoms with van der Waals surface area (Å²) in [5.74, 6) is -1.10. The van der Waals surface area contributed by atoms with Crippen LogP contribution in [-0.4, -0.2) is 16.1 Å².